The van der Waals surface area contributed by atoms with Crippen molar-refractivity contribution >= 4 is 0 Å². The fourth-order valence-electron chi connectivity index (χ4n) is 2.43. The average Bonchev–Trinajstić information content (AvgIpc) is 2.73. The SMILES string of the molecule is CCNC(c1cc2c(cc1OC)CC(C)O2)C(F)F. The number of rotatable bonds is 5. The molecule has 1 aliphatic heterocycles. The van der Waals surface area contributed by atoms with Gasteiger partial charge in [0.25, 0.3) is 6.43 Å². The van der Waals surface area contributed by atoms with Crippen LogP contribution in [0.3, 0.4) is 0 Å². The fraction of sp³-hybridized carbons (Fsp3) is 0.571. The summed E-state index contributed by atoms with van der Waals surface area (Å²) in [5.41, 5.74) is 1.46. The van der Waals surface area contributed by atoms with Gasteiger partial charge in [-0.25, -0.2) is 8.78 Å². The molecule has 1 heterocycles. The van der Waals surface area contributed by atoms with E-state index in [1.165, 1.54) is 7.11 Å². The van der Waals surface area contributed by atoms with Crippen LogP contribution in [0.5, 0.6) is 11.5 Å². The summed E-state index contributed by atoms with van der Waals surface area (Å²) in [5, 5.41) is 2.79. The molecule has 5 heteroatoms. The molecule has 106 valence electrons. The lowest BCUT2D eigenvalue weighted by molar-refractivity contribution is 0.0978. The van der Waals surface area contributed by atoms with Crippen LogP contribution in [-0.4, -0.2) is 26.2 Å². The summed E-state index contributed by atoms with van der Waals surface area (Å²) in [6, 6.07) is 2.45. The van der Waals surface area contributed by atoms with Crippen molar-refractivity contribution in [2.24, 2.45) is 0 Å². The van der Waals surface area contributed by atoms with Crippen molar-refractivity contribution in [3.8, 4) is 11.5 Å². The number of halogens is 2. The van der Waals surface area contributed by atoms with Gasteiger partial charge in [0.05, 0.1) is 13.2 Å². The van der Waals surface area contributed by atoms with Gasteiger partial charge in [0.1, 0.15) is 17.6 Å². The third-order valence-electron chi connectivity index (χ3n) is 3.26. The predicted molar refractivity (Wildman–Crippen MR) is 69.2 cm³/mol. The zero-order valence-electron chi connectivity index (χ0n) is 11.4. The Labute approximate surface area is 111 Å². The van der Waals surface area contributed by atoms with Crippen molar-refractivity contribution < 1.29 is 18.3 Å². The van der Waals surface area contributed by atoms with Crippen LogP contribution in [-0.2, 0) is 6.42 Å². The maximum Gasteiger partial charge on any atom is 0.257 e. The van der Waals surface area contributed by atoms with Crippen molar-refractivity contribution in [3.63, 3.8) is 0 Å². The third kappa shape index (κ3) is 2.81. The number of benzene rings is 1. The van der Waals surface area contributed by atoms with Gasteiger partial charge in [-0.05, 0) is 25.6 Å². The van der Waals surface area contributed by atoms with E-state index in [4.69, 9.17) is 9.47 Å². The largest absolute Gasteiger partial charge is 0.496 e. The molecule has 1 aromatic rings. The summed E-state index contributed by atoms with van der Waals surface area (Å²) in [6.45, 7) is 4.22. The second-order valence-corrected chi connectivity index (χ2v) is 4.70. The van der Waals surface area contributed by atoms with Gasteiger partial charge in [0.2, 0.25) is 0 Å². The zero-order valence-corrected chi connectivity index (χ0v) is 11.4. The van der Waals surface area contributed by atoms with Gasteiger partial charge in [-0.3, -0.25) is 0 Å². The molecular formula is C14H19F2NO2. The van der Waals surface area contributed by atoms with Gasteiger partial charge in [-0.2, -0.15) is 0 Å². The highest BCUT2D eigenvalue weighted by molar-refractivity contribution is 5.50. The summed E-state index contributed by atoms with van der Waals surface area (Å²) in [4.78, 5) is 0. The molecule has 0 saturated heterocycles. The van der Waals surface area contributed by atoms with Crippen LogP contribution in [0.4, 0.5) is 8.78 Å². The normalized spacial score (nSPS) is 19.2. The summed E-state index contributed by atoms with van der Waals surface area (Å²) < 4.78 is 37.2. The van der Waals surface area contributed by atoms with E-state index in [0.717, 1.165) is 12.0 Å². The summed E-state index contributed by atoms with van der Waals surface area (Å²) in [5.74, 6) is 1.18. The quantitative estimate of drug-likeness (QED) is 0.893. The Morgan fingerprint density at radius 2 is 2.21 bits per heavy atom. The summed E-state index contributed by atoms with van der Waals surface area (Å²) in [6.07, 6.45) is -1.63. The zero-order chi connectivity index (χ0) is 14.0. The Morgan fingerprint density at radius 1 is 1.47 bits per heavy atom. The van der Waals surface area contributed by atoms with E-state index < -0.39 is 12.5 Å². The lowest BCUT2D eigenvalue weighted by atomic mass is 10.0. The minimum Gasteiger partial charge on any atom is -0.496 e. The monoisotopic (exact) mass is 271 g/mol. The van der Waals surface area contributed by atoms with E-state index in [0.29, 0.717) is 23.6 Å². The molecule has 0 spiro atoms. The van der Waals surface area contributed by atoms with Crippen molar-refractivity contribution in [1.29, 1.82) is 0 Å². The van der Waals surface area contributed by atoms with Crippen molar-refractivity contribution in [2.75, 3.05) is 13.7 Å². The van der Waals surface area contributed by atoms with E-state index in [9.17, 15) is 8.78 Å². The van der Waals surface area contributed by atoms with Gasteiger partial charge < -0.3 is 14.8 Å². The maximum absolute atomic E-state index is 13.2. The first-order valence-electron chi connectivity index (χ1n) is 6.45. The number of ether oxygens (including phenoxy) is 2. The van der Waals surface area contributed by atoms with Crippen LogP contribution in [0, 0.1) is 0 Å². The summed E-state index contributed by atoms with van der Waals surface area (Å²) >= 11 is 0. The Bertz CT molecular complexity index is 451. The fourth-order valence-corrected chi connectivity index (χ4v) is 2.43. The highest BCUT2D eigenvalue weighted by Crippen LogP contribution is 2.38. The summed E-state index contributed by atoms with van der Waals surface area (Å²) in [7, 11) is 1.50. The van der Waals surface area contributed by atoms with Crippen LogP contribution in [0.1, 0.15) is 31.0 Å². The van der Waals surface area contributed by atoms with Gasteiger partial charge >= 0.3 is 0 Å². The van der Waals surface area contributed by atoms with Crippen molar-refractivity contribution in [1.82, 2.24) is 5.32 Å². The topological polar surface area (TPSA) is 30.5 Å². The van der Waals surface area contributed by atoms with Gasteiger partial charge in [0, 0.05) is 17.5 Å². The molecule has 3 nitrogen and oxygen atoms in total. The van der Waals surface area contributed by atoms with E-state index >= 15 is 0 Å². The molecule has 0 saturated carbocycles. The van der Waals surface area contributed by atoms with Crippen LogP contribution >= 0.6 is 0 Å². The minimum atomic E-state index is -2.49. The third-order valence-corrected chi connectivity index (χ3v) is 3.26. The van der Waals surface area contributed by atoms with Crippen molar-refractivity contribution in [3.05, 3.63) is 23.3 Å². The van der Waals surface area contributed by atoms with Crippen LogP contribution in [0.15, 0.2) is 12.1 Å². The number of hydrogen-bond donors (Lipinski definition) is 1. The Kier molecular flexibility index (Phi) is 4.24. The molecular weight excluding hydrogens is 252 g/mol. The number of hydrogen-bond acceptors (Lipinski definition) is 3. The van der Waals surface area contributed by atoms with Gasteiger partial charge in [-0.15, -0.1) is 0 Å². The standard InChI is InChI=1S/C14H19F2NO2/c1-4-17-13(14(15)16)10-7-11-9(5-8(2)19-11)6-12(10)18-3/h6-8,13-14,17H,4-5H2,1-3H3. The second kappa shape index (κ2) is 5.74. The molecule has 0 radical (unpaired) electrons. The second-order valence-electron chi connectivity index (χ2n) is 4.70. The predicted octanol–water partition coefficient (Wildman–Crippen LogP) is 2.93. The molecule has 0 bridgehead atoms. The number of nitrogens with one attached hydrogen (secondary N) is 1. The molecule has 2 rings (SSSR count). The Balaban J connectivity index is 2.41. The molecule has 0 aromatic heterocycles. The molecule has 2 unspecified atom stereocenters. The molecule has 1 aliphatic rings. The van der Waals surface area contributed by atoms with Crippen LogP contribution in [0.25, 0.3) is 0 Å². The van der Waals surface area contributed by atoms with Crippen molar-refractivity contribution in [2.45, 2.75) is 38.8 Å². The molecule has 19 heavy (non-hydrogen) atoms. The Morgan fingerprint density at radius 3 is 2.79 bits per heavy atom. The first-order valence-corrected chi connectivity index (χ1v) is 6.45. The number of methoxy groups -OCH3 is 1. The van der Waals surface area contributed by atoms with Crippen LogP contribution in [0.2, 0.25) is 0 Å². The molecule has 2 atom stereocenters. The smallest absolute Gasteiger partial charge is 0.257 e. The Hall–Kier alpha value is -1.36. The number of alkyl halides is 2. The molecule has 1 aromatic carbocycles. The van der Waals surface area contributed by atoms with E-state index in [2.05, 4.69) is 5.32 Å². The van der Waals surface area contributed by atoms with Gasteiger partial charge in [-0.1, -0.05) is 6.92 Å². The van der Waals surface area contributed by atoms with E-state index in [-0.39, 0.29) is 6.10 Å². The maximum atomic E-state index is 13.2. The highest BCUT2D eigenvalue weighted by Gasteiger charge is 2.28. The highest BCUT2D eigenvalue weighted by atomic mass is 19.3. The first-order chi connectivity index (χ1) is 9.06. The van der Waals surface area contributed by atoms with E-state index in [1.807, 2.05) is 6.92 Å². The molecule has 0 amide bonds. The lowest BCUT2D eigenvalue weighted by Gasteiger charge is -2.20. The molecule has 0 aliphatic carbocycles. The minimum absolute atomic E-state index is 0.0825. The number of fused-ring (bicyclic) bond motifs is 1. The van der Waals surface area contributed by atoms with Crippen LogP contribution < -0.4 is 14.8 Å². The molecule has 1 N–H and O–H groups in total. The van der Waals surface area contributed by atoms with Gasteiger partial charge in [0.15, 0.2) is 0 Å². The average molecular weight is 271 g/mol. The lowest BCUT2D eigenvalue weighted by Crippen LogP contribution is -2.27. The first kappa shape index (κ1) is 14.1. The molecule has 0 fully saturated rings. The van der Waals surface area contributed by atoms with E-state index in [1.54, 1.807) is 19.1 Å².